The van der Waals surface area contributed by atoms with E-state index in [2.05, 4.69) is 15.5 Å². The number of amides is 2. The molecule has 0 saturated carbocycles. The fourth-order valence-electron chi connectivity index (χ4n) is 3.52. The summed E-state index contributed by atoms with van der Waals surface area (Å²) in [6.07, 6.45) is 3.33. The number of rotatable bonds is 8. The van der Waals surface area contributed by atoms with Gasteiger partial charge in [0.25, 0.3) is 11.8 Å². The lowest BCUT2D eigenvalue weighted by Gasteiger charge is -2.50. The Morgan fingerprint density at radius 2 is 2.12 bits per heavy atom. The van der Waals surface area contributed by atoms with Crippen molar-refractivity contribution in [2.75, 3.05) is 11.5 Å². The molecule has 1 fully saturated rings. The Hall–Kier alpha value is -3.45. The zero-order valence-corrected chi connectivity index (χ0v) is 20.0. The van der Waals surface area contributed by atoms with Gasteiger partial charge in [0.1, 0.15) is 23.2 Å². The van der Waals surface area contributed by atoms with Gasteiger partial charge in [0.2, 0.25) is 0 Å². The first-order chi connectivity index (χ1) is 16.3. The van der Waals surface area contributed by atoms with Gasteiger partial charge in [0, 0.05) is 28.8 Å². The fraction of sp³-hybridized carbons (Fsp3) is 0.333. The van der Waals surface area contributed by atoms with Crippen LogP contribution in [-0.4, -0.2) is 56.7 Å². The van der Waals surface area contributed by atoms with Gasteiger partial charge >= 0.3 is 0 Å². The Balaban J connectivity index is 1.53. The summed E-state index contributed by atoms with van der Waals surface area (Å²) in [6, 6.07) is 4.58. The molecule has 2 aromatic rings. The molecule has 3 N–H and O–H groups in total. The van der Waals surface area contributed by atoms with E-state index in [1.807, 2.05) is 35.2 Å². The Labute approximate surface area is 203 Å². The summed E-state index contributed by atoms with van der Waals surface area (Å²) in [5, 5.41) is 19.7. The number of carboxylic acid groups (broad SMARTS) is 1. The minimum Gasteiger partial charge on any atom is -0.543 e. The summed E-state index contributed by atoms with van der Waals surface area (Å²) in [5.41, 5.74) is 6.18. The molecule has 4 heterocycles. The maximum absolute atomic E-state index is 13.0. The largest absolute Gasteiger partial charge is 0.543 e. The molecule has 2 aliphatic heterocycles. The van der Waals surface area contributed by atoms with Crippen molar-refractivity contribution in [1.82, 2.24) is 15.2 Å². The molecule has 0 radical (unpaired) electrons. The first kappa shape index (κ1) is 23.7. The number of nitrogen functional groups attached to an aromatic ring is 1. The molecule has 2 amide bonds. The highest BCUT2D eigenvalue weighted by Crippen LogP contribution is 2.40. The SMILES string of the molecule is CC(C)ON=C(C(=O)NC1C(=O)N2C(C(=O)[O-])=C(C[n+]3ccccc3)CS[C@@H]12)c1csc(N)n1. The van der Waals surface area contributed by atoms with Crippen molar-refractivity contribution in [1.29, 1.82) is 0 Å². The Morgan fingerprint density at radius 3 is 2.74 bits per heavy atom. The predicted octanol–water partition coefficient (Wildman–Crippen LogP) is -0.754. The molecule has 13 heteroatoms. The van der Waals surface area contributed by atoms with E-state index in [9.17, 15) is 19.5 Å². The molecule has 34 heavy (non-hydrogen) atoms. The van der Waals surface area contributed by atoms with E-state index in [0.29, 0.717) is 17.9 Å². The lowest BCUT2D eigenvalue weighted by atomic mass is 10.0. The number of thiazole rings is 1. The molecule has 1 unspecified atom stereocenters. The van der Waals surface area contributed by atoms with Crippen LogP contribution in [0.15, 0.2) is 52.4 Å². The molecule has 11 nitrogen and oxygen atoms in total. The van der Waals surface area contributed by atoms with Crippen molar-refractivity contribution in [2.24, 2.45) is 5.16 Å². The van der Waals surface area contributed by atoms with Crippen LogP contribution in [0.4, 0.5) is 5.13 Å². The highest BCUT2D eigenvalue weighted by atomic mass is 32.2. The molecule has 2 atom stereocenters. The molecular weight excluding hydrogens is 480 g/mol. The van der Waals surface area contributed by atoms with E-state index in [1.54, 1.807) is 19.2 Å². The van der Waals surface area contributed by atoms with Gasteiger partial charge in [0.05, 0.1) is 11.7 Å². The Bertz CT molecular complexity index is 1180. The van der Waals surface area contributed by atoms with Crippen LogP contribution in [0.3, 0.4) is 0 Å². The third-order valence-electron chi connectivity index (χ3n) is 5.01. The number of thioether (sulfide) groups is 1. The standard InChI is InChI=1S/C21H22N6O5S2/c1-11(2)32-25-14(13-10-34-21(22)23-13)17(28)24-15-18(29)27-16(20(30)31)12(9-33-19(15)27)8-26-6-4-3-5-7-26/h3-7,10-11,15,19H,8-9H2,1-2H3,(H3-,22,23,24,28,30,31)/t15?,19-/m0/s1. The Kier molecular flexibility index (Phi) is 6.84. The van der Waals surface area contributed by atoms with Crippen molar-refractivity contribution in [3.05, 3.63) is 52.9 Å². The molecule has 0 spiro atoms. The number of oxime groups is 1. The molecule has 1 saturated heterocycles. The zero-order valence-electron chi connectivity index (χ0n) is 18.3. The predicted molar refractivity (Wildman–Crippen MR) is 123 cm³/mol. The van der Waals surface area contributed by atoms with Crippen LogP contribution in [0.25, 0.3) is 0 Å². The van der Waals surface area contributed by atoms with E-state index in [-0.39, 0.29) is 28.3 Å². The highest BCUT2D eigenvalue weighted by molar-refractivity contribution is 8.00. The number of nitrogens with zero attached hydrogens (tertiary/aromatic N) is 4. The van der Waals surface area contributed by atoms with E-state index in [1.165, 1.54) is 16.7 Å². The lowest BCUT2D eigenvalue weighted by Crippen LogP contribution is -2.71. The molecule has 2 aromatic heterocycles. The van der Waals surface area contributed by atoms with Gasteiger partial charge < -0.3 is 25.8 Å². The van der Waals surface area contributed by atoms with Gasteiger partial charge in [-0.1, -0.05) is 11.2 Å². The van der Waals surface area contributed by atoms with Crippen molar-refractivity contribution in [2.45, 2.75) is 37.9 Å². The highest BCUT2D eigenvalue weighted by Gasteiger charge is 2.53. The van der Waals surface area contributed by atoms with Crippen molar-refractivity contribution in [3.63, 3.8) is 0 Å². The van der Waals surface area contributed by atoms with Crippen LogP contribution in [0.2, 0.25) is 0 Å². The molecule has 2 aliphatic rings. The molecule has 0 aromatic carbocycles. The average molecular weight is 503 g/mol. The quantitative estimate of drug-likeness (QED) is 0.207. The van der Waals surface area contributed by atoms with Gasteiger partial charge in [-0.05, 0) is 13.8 Å². The van der Waals surface area contributed by atoms with E-state index in [0.717, 1.165) is 11.3 Å². The normalized spacial score (nSPS) is 20.1. The average Bonchev–Trinajstić information content (AvgIpc) is 3.23. The smallest absolute Gasteiger partial charge is 0.276 e. The van der Waals surface area contributed by atoms with Crippen LogP contribution in [0.1, 0.15) is 19.5 Å². The monoisotopic (exact) mass is 502 g/mol. The van der Waals surface area contributed by atoms with Gasteiger partial charge in [-0.15, -0.1) is 23.1 Å². The van der Waals surface area contributed by atoms with Crippen LogP contribution in [-0.2, 0) is 25.8 Å². The number of carbonyl (C=O) groups is 3. The third-order valence-corrected chi connectivity index (χ3v) is 7.03. The van der Waals surface area contributed by atoms with Crippen molar-refractivity contribution >= 4 is 51.7 Å². The van der Waals surface area contributed by atoms with Gasteiger partial charge in [-0.25, -0.2) is 9.55 Å². The first-order valence-corrected chi connectivity index (χ1v) is 12.3. The number of aliphatic carboxylic acids is 1. The lowest BCUT2D eigenvalue weighted by molar-refractivity contribution is -0.689. The number of hydrogen-bond acceptors (Lipinski definition) is 10. The molecular formula is C21H22N6O5S2. The second-order valence-electron chi connectivity index (χ2n) is 7.81. The van der Waals surface area contributed by atoms with Gasteiger partial charge in [-0.2, -0.15) is 0 Å². The maximum Gasteiger partial charge on any atom is 0.276 e. The molecule has 178 valence electrons. The number of hydrogen-bond donors (Lipinski definition) is 2. The van der Waals surface area contributed by atoms with E-state index < -0.39 is 29.2 Å². The van der Waals surface area contributed by atoms with Crippen LogP contribution in [0.5, 0.6) is 0 Å². The summed E-state index contributed by atoms with van der Waals surface area (Å²) in [6.45, 7) is 3.80. The maximum atomic E-state index is 13.0. The summed E-state index contributed by atoms with van der Waals surface area (Å²) in [4.78, 5) is 48.3. The topological polar surface area (TPSA) is 154 Å². The van der Waals surface area contributed by atoms with Crippen LogP contribution >= 0.6 is 23.1 Å². The molecule has 0 bridgehead atoms. The summed E-state index contributed by atoms with van der Waals surface area (Å²) in [7, 11) is 0. The summed E-state index contributed by atoms with van der Waals surface area (Å²) in [5.74, 6) is -2.27. The number of anilines is 1. The summed E-state index contributed by atoms with van der Waals surface area (Å²) < 4.78 is 1.82. The molecule has 0 aliphatic carbocycles. The van der Waals surface area contributed by atoms with Crippen molar-refractivity contribution in [3.8, 4) is 0 Å². The third kappa shape index (κ3) is 4.75. The fourth-order valence-corrected chi connectivity index (χ4v) is 5.40. The second kappa shape index (κ2) is 9.81. The summed E-state index contributed by atoms with van der Waals surface area (Å²) >= 11 is 2.51. The van der Waals surface area contributed by atoms with Crippen molar-refractivity contribution < 1.29 is 28.9 Å². The zero-order chi connectivity index (χ0) is 24.4. The van der Waals surface area contributed by atoms with E-state index in [4.69, 9.17) is 10.6 Å². The number of aromatic nitrogens is 2. The number of nitrogens with two attached hydrogens (primary N) is 1. The number of carbonyl (C=O) groups excluding carboxylic acids is 3. The number of nitrogens with one attached hydrogen (secondary N) is 1. The second-order valence-corrected chi connectivity index (χ2v) is 9.81. The van der Waals surface area contributed by atoms with Crippen LogP contribution in [0, 0.1) is 0 Å². The molecule has 4 rings (SSSR count). The Morgan fingerprint density at radius 1 is 1.38 bits per heavy atom. The van der Waals surface area contributed by atoms with Gasteiger partial charge in [0.15, 0.2) is 29.8 Å². The minimum atomic E-state index is -1.43. The minimum absolute atomic E-state index is 0.120. The van der Waals surface area contributed by atoms with Crippen LogP contribution < -0.4 is 20.7 Å². The number of carboxylic acids is 1. The first-order valence-electron chi connectivity index (χ1n) is 10.3. The number of β-lactam (4-membered cyclic amide) rings is 1. The van der Waals surface area contributed by atoms with Gasteiger partial charge in [-0.3, -0.25) is 14.5 Å². The number of pyridine rings is 1. The van der Waals surface area contributed by atoms with E-state index >= 15 is 0 Å². The number of fused-ring (bicyclic) bond motifs is 1.